The lowest BCUT2D eigenvalue weighted by Gasteiger charge is -2.24. The quantitative estimate of drug-likeness (QED) is 0.895. The Balaban J connectivity index is 1.98. The normalized spacial score (nSPS) is 19.6. The number of hydrogen-bond acceptors (Lipinski definition) is 5. The van der Waals surface area contributed by atoms with Gasteiger partial charge in [0, 0.05) is 12.3 Å². The summed E-state index contributed by atoms with van der Waals surface area (Å²) in [5.74, 6) is 0.866. The van der Waals surface area contributed by atoms with Gasteiger partial charge in [-0.25, -0.2) is 15.0 Å². The Morgan fingerprint density at radius 1 is 1.32 bits per heavy atom. The Bertz CT molecular complexity index is 593. The fraction of sp³-hybridized carbons (Fsp3) is 0.500. The first-order valence-electron chi connectivity index (χ1n) is 6.67. The molecule has 0 bridgehead atoms. The first-order valence-corrected chi connectivity index (χ1v) is 6.67. The van der Waals surface area contributed by atoms with Crippen molar-refractivity contribution in [2.75, 3.05) is 18.5 Å². The van der Waals surface area contributed by atoms with E-state index in [1.54, 1.807) is 6.33 Å². The van der Waals surface area contributed by atoms with Crippen LogP contribution in [0.1, 0.15) is 24.1 Å². The van der Waals surface area contributed by atoms with Gasteiger partial charge in [-0.2, -0.15) is 0 Å². The predicted molar refractivity (Wildman–Crippen MR) is 74.3 cm³/mol. The number of nitrogens with one attached hydrogen (secondary N) is 1. The zero-order valence-electron chi connectivity index (χ0n) is 11.3. The number of fused-ring (bicyclic) bond motifs is 1. The van der Waals surface area contributed by atoms with Crippen LogP contribution in [-0.2, 0) is 4.74 Å². The van der Waals surface area contributed by atoms with Crippen molar-refractivity contribution in [3.05, 3.63) is 23.7 Å². The van der Waals surface area contributed by atoms with Crippen molar-refractivity contribution >= 4 is 16.9 Å². The Kier molecular flexibility index (Phi) is 3.29. The summed E-state index contributed by atoms with van der Waals surface area (Å²) < 4.78 is 5.49. The van der Waals surface area contributed by atoms with Gasteiger partial charge in [-0.3, -0.25) is 0 Å². The molecule has 0 aliphatic carbocycles. The van der Waals surface area contributed by atoms with Crippen LogP contribution in [0, 0.1) is 13.8 Å². The molecule has 3 heterocycles. The first-order chi connectivity index (χ1) is 9.24. The molecule has 0 amide bonds. The van der Waals surface area contributed by atoms with Gasteiger partial charge in [0.1, 0.15) is 12.1 Å². The number of aromatic nitrogens is 3. The average Bonchev–Trinajstić information content (AvgIpc) is 2.39. The minimum atomic E-state index is 0.326. The number of rotatable bonds is 2. The van der Waals surface area contributed by atoms with Crippen molar-refractivity contribution < 1.29 is 4.74 Å². The first kappa shape index (κ1) is 12.3. The van der Waals surface area contributed by atoms with Crippen LogP contribution in [0.15, 0.2) is 12.4 Å². The van der Waals surface area contributed by atoms with E-state index in [4.69, 9.17) is 4.74 Å². The lowest BCUT2D eigenvalue weighted by molar-refractivity contribution is 0.0875. The van der Waals surface area contributed by atoms with Crippen LogP contribution in [0.3, 0.4) is 0 Å². The molecule has 0 spiro atoms. The number of nitrogens with zero attached hydrogens (tertiary/aromatic N) is 3. The second-order valence-electron chi connectivity index (χ2n) is 5.06. The monoisotopic (exact) mass is 258 g/mol. The number of ether oxygens (including phenoxy) is 1. The summed E-state index contributed by atoms with van der Waals surface area (Å²) in [5.41, 5.74) is 2.89. The largest absolute Gasteiger partial charge is 0.379 e. The molecule has 2 aromatic rings. The van der Waals surface area contributed by atoms with Crippen LogP contribution >= 0.6 is 0 Å². The summed E-state index contributed by atoms with van der Waals surface area (Å²) in [6.07, 6.45) is 3.78. The summed E-state index contributed by atoms with van der Waals surface area (Å²) in [7, 11) is 0. The van der Waals surface area contributed by atoms with E-state index < -0.39 is 0 Å². The van der Waals surface area contributed by atoms with Gasteiger partial charge >= 0.3 is 0 Å². The minimum Gasteiger partial charge on any atom is -0.379 e. The van der Waals surface area contributed by atoms with E-state index in [1.165, 1.54) is 0 Å². The fourth-order valence-corrected chi connectivity index (χ4v) is 2.57. The molecule has 5 nitrogen and oxygen atoms in total. The maximum Gasteiger partial charge on any atom is 0.165 e. The highest BCUT2D eigenvalue weighted by Gasteiger charge is 2.16. The molecule has 5 heteroatoms. The molecule has 100 valence electrons. The topological polar surface area (TPSA) is 59.9 Å². The molecule has 1 N–H and O–H groups in total. The van der Waals surface area contributed by atoms with Gasteiger partial charge in [0.25, 0.3) is 0 Å². The molecular weight excluding hydrogens is 240 g/mol. The highest BCUT2D eigenvalue weighted by Crippen LogP contribution is 2.24. The molecule has 0 saturated carbocycles. The third kappa shape index (κ3) is 2.51. The van der Waals surface area contributed by atoms with Gasteiger partial charge in [0.05, 0.1) is 18.0 Å². The Morgan fingerprint density at radius 2 is 2.21 bits per heavy atom. The van der Waals surface area contributed by atoms with Crippen LogP contribution < -0.4 is 5.32 Å². The molecule has 1 fully saturated rings. The number of hydrogen-bond donors (Lipinski definition) is 1. The number of aryl methyl sites for hydroxylation is 2. The highest BCUT2D eigenvalue weighted by molar-refractivity contribution is 5.89. The Hall–Kier alpha value is -1.75. The molecule has 3 rings (SSSR count). The van der Waals surface area contributed by atoms with Crippen LogP contribution in [-0.4, -0.2) is 34.2 Å². The summed E-state index contributed by atoms with van der Waals surface area (Å²) >= 11 is 0. The van der Waals surface area contributed by atoms with Crippen molar-refractivity contribution in [2.24, 2.45) is 0 Å². The standard InChI is InChI=1S/C14H18N4O/c1-9-6-10(2)17-13-12(9)14(16-8-15-13)18-11-4-3-5-19-7-11/h6,8,11H,3-5,7H2,1-2H3,(H,15,16,17,18). The zero-order valence-corrected chi connectivity index (χ0v) is 11.3. The molecule has 1 aliphatic rings. The third-order valence-corrected chi connectivity index (χ3v) is 3.43. The van der Waals surface area contributed by atoms with Crippen molar-refractivity contribution in [1.29, 1.82) is 0 Å². The molecule has 0 aromatic carbocycles. The van der Waals surface area contributed by atoms with Crippen molar-refractivity contribution in [3.8, 4) is 0 Å². The minimum absolute atomic E-state index is 0.326. The third-order valence-electron chi connectivity index (χ3n) is 3.43. The molecule has 1 atom stereocenters. The average molecular weight is 258 g/mol. The lowest BCUT2D eigenvalue weighted by atomic mass is 10.1. The van der Waals surface area contributed by atoms with E-state index in [1.807, 2.05) is 6.92 Å². The van der Waals surface area contributed by atoms with Gasteiger partial charge < -0.3 is 10.1 Å². The Morgan fingerprint density at radius 3 is 3.00 bits per heavy atom. The van der Waals surface area contributed by atoms with Crippen LogP contribution in [0.4, 0.5) is 5.82 Å². The second kappa shape index (κ2) is 5.09. The molecule has 2 aromatic heterocycles. The number of anilines is 1. The molecule has 1 aliphatic heterocycles. The van der Waals surface area contributed by atoms with E-state index in [0.717, 1.165) is 54.2 Å². The van der Waals surface area contributed by atoms with Crippen LogP contribution in [0.2, 0.25) is 0 Å². The fourth-order valence-electron chi connectivity index (χ4n) is 2.57. The van der Waals surface area contributed by atoms with E-state index in [2.05, 4.69) is 33.3 Å². The zero-order chi connectivity index (χ0) is 13.2. The smallest absolute Gasteiger partial charge is 0.165 e. The summed E-state index contributed by atoms with van der Waals surface area (Å²) in [4.78, 5) is 13.1. The summed E-state index contributed by atoms with van der Waals surface area (Å²) in [5, 5.41) is 4.48. The van der Waals surface area contributed by atoms with Gasteiger partial charge in [0.2, 0.25) is 0 Å². The summed E-state index contributed by atoms with van der Waals surface area (Å²) in [6.45, 7) is 5.66. The van der Waals surface area contributed by atoms with E-state index in [-0.39, 0.29) is 0 Å². The highest BCUT2D eigenvalue weighted by atomic mass is 16.5. The lowest BCUT2D eigenvalue weighted by Crippen LogP contribution is -2.30. The van der Waals surface area contributed by atoms with Gasteiger partial charge in [-0.05, 0) is 38.3 Å². The van der Waals surface area contributed by atoms with Gasteiger partial charge in [-0.1, -0.05) is 0 Å². The number of pyridine rings is 1. The van der Waals surface area contributed by atoms with Gasteiger partial charge in [-0.15, -0.1) is 0 Å². The van der Waals surface area contributed by atoms with Gasteiger partial charge in [0.15, 0.2) is 5.65 Å². The molecule has 1 saturated heterocycles. The summed E-state index contributed by atoms with van der Waals surface area (Å²) in [6, 6.07) is 2.39. The van der Waals surface area contributed by atoms with E-state index in [9.17, 15) is 0 Å². The predicted octanol–water partition coefficient (Wildman–Crippen LogP) is 2.23. The maximum absolute atomic E-state index is 5.49. The second-order valence-corrected chi connectivity index (χ2v) is 5.06. The van der Waals surface area contributed by atoms with Crippen molar-refractivity contribution in [3.63, 3.8) is 0 Å². The van der Waals surface area contributed by atoms with Crippen LogP contribution in [0.5, 0.6) is 0 Å². The molecule has 0 radical (unpaired) electrons. The van der Waals surface area contributed by atoms with Crippen molar-refractivity contribution in [2.45, 2.75) is 32.7 Å². The molecule has 19 heavy (non-hydrogen) atoms. The van der Waals surface area contributed by atoms with E-state index >= 15 is 0 Å². The molecular formula is C14H18N4O. The van der Waals surface area contributed by atoms with Crippen LogP contribution in [0.25, 0.3) is 11.0 Å². The van der Waals surface area contributed by atoms with E-state index in [0.29, 0.717) is 6.04 Å². The Labute approximate surface area is 112 Å². The maximum atomic E-state index is 5.49. The van der Waals surface area contributed by atoms with Crippen molar-refractivity contribution in [1.82, 2.24) is 15.0 Å². The molecule has 1 unspecified atom stereocenters. The SMILES string of the molecule is Cc1cc(C)c2c(NC3CCCOC3)ncnc2n1.